The molecular weight excluding hydrogens is 372 g/mol. The van der Waals surface area contributed by atoms with Crippen molar-refractivity contribution in [1.82, 2.24) is 14.6 Å². The monoisotopic (exact) mass is 394 g/mol. The number of aromatic nitrogens is 2. The number of carbonyl (C=O) groups excluding carboxylic acids is 1. The molecule has 30 heavy (non-hydrogen) atoms. The van der Waals surface area contributed by atoms with E-state index in [4.69, 9.17) is 4.98 Å². The van der Waals surface area contributed by atoms with Gasteiger partial charge in [0.25, 0.3) is 0 Å². The summed E-state index contributed by atoms with van der Waals surface area (Å²) in [6.07, 6.45) is 0.641. The summed E-state index contributed by atoms with van der Waals surface area (Å²) in [6.45, 7) is 2.26. The Morgan fingerprint density at radius 2 is 1.60 bits per heavy atom. The normalized spacial score (nSPS) is 16.1. The van der Waals surface area contributed by atoms with Crippen LogP contribution in [0.4, 0.5) is 0 Å². The molecule has 1 unspecified atom stereocenters. The minimum absolute atomic E-state index is 0.0794. The fourth-order valence-corrected chi connectivity index (χ4v) is 4.09. The van der Waals surface area contributed by atoms with Gasteiger partial charge >= 0.3 is 0 Å². The van der Waals surface area contributed by atoms with Crippen LogP contribution in [0.15, 0.2) is 90.0 Å². The molecule has 1 aromatic heterocycles. The summed E-state index contributed by atoms with van der Waals surface area (Å²) in [5.74, 6) is 0.786. The predicted octanol–water partition coefficient (Wildman–Crippen LogP) is 4.78. The van der Waals surface area contributed by atoms with Crippen molar-refractivity contribution in [1.29, 1.82) is 0 Å². The molecule has 1 aliphatic rings. The molecule has 1 atom stereocenters. The average molecular weight is 394 g/mol. The predicted molar refractivity (Wildman–Crippen MR) is 118 cm³/mol. The number of imidazole rings is 1. The second-order valence-corrected chi connectivity index (χ2v) is 7.53. The van der Waals surface area contributed by atoms with Crippen LogP contribution >= 0.6 is 0 Å². The maximum absolute atomic E-state index is 12.5. The van der Waals surface area contributed by atoms with Gasteiger partial charge in [0.15, 0.2) is 0 Å². The van der Waals surface area contributed by atoms with Gasteiger partial charge in [-0.25, -0.2) is 9.99 Å². The molecule has 0 radical (unpaired) electrons. The first-order valence-electron chi connectivity index (χ1n) is 10.1. The first kappa shape index (κ1) is 18.3. The summed E-state index contributed by atoms with van der Waals surface area (Å²) >= 11 is 0. The minimum Gasteiger partial charge on any atom is -0.322 e. The van der Waals surface area contributed by atoms with Gasteiger partial charge in [-0.2, -0.15) is 5.10 Å². The second kappa shape index (κ2) is 7.59. The summed E-state index contributed by atoms with van der Waals surface area (Å²) in [6, 6.07) is 28.3. The van der Waals surface area contributed by atoms with Crippen molar-refractivity contribution in [2.24, 2.45) is 5.10 Å². The highest BCUT2D eigenvalue weighted by molar-refractivity contribution is 6.03. The second-order valence-electron chi connectivity index (χ2n) is 7.53. The zero-order valence-corrected chi connectivity index (χ0v) is 16.8. The Hall–Kier alpha value is -3.73. The van der Waals surface area contributed by atoms with Crippen molar-refractivity contribution in [3.63, 3.8) is 0 Å². The topological polar surface area (TPSA) is 50.5 Å². The van der Waals surface area contributed by atoms with Gasteiger partial charge in [0, 0.05) is 19.9 Å². The Morgan fingerprint density at radius 3 is 2.33 bits per heavy atom. The molecule has 0 spiro atoms. The first-order chi connectivity index (χ1) is 14.7. The number of hydrazone groups is 1. The van der Waals surface area contributed by atoms with Crippen molar-refractivity contribution in [2.45, 2.75) is 25.9 Å². The first-order valence-corrected chi connectivity index (χ1v) is 10.1. The van der Waals surface area contributed by atoms with Crippen LogP contribution in [0.25, 0.3) is 11.0 Å². The molecule has 0 fully saturated rings. The van der Waals surface area contributed by atoms with E-state index >= 15 is 0 Å². The summed E-state index contributed by atoms with van der Waals surface area (Å²) in [5.41, 5.74) is 5.14. The lowest BCUT2D eigenvalue weighted by Crippen LogP contribution is -2.27. The SMILES string of the molecule is CC(=O)N1N=C(c2ccccc2)CC1c1nc2ccccc2n1Cc1ccccc1. The smallest absolute Gasteiger partial charge is 0.240 e. The number of hydrogen-bond acceptors (Lipinski definition) is 3. The summed E-state index contributed by atoms with van der Waals surface area (Å²) < 4.78 is 2.22. The Bertz CT molecular complexity index is 1230. The van der Waals surface area contributed by atoms with Crippen LogP contribution in [0, 0.1) is 0 Å². The van der Waals surface area contributed by atoms with E-state index in [0.29, 0.717) is 13.0 Å². The summed E-state index contributed by atoms with van der Waals surface area (Å²) in [5, 5.41) is 6.27. The molecule has 0 saturated carbocycles. The van der Waals surface area contributed by atoms with Gasteiger partial charge in [-0.05, 0) is 23.3 Å². The van der Waals surface area contributed by atoms with Crippen LogP contribution in [-0.4, -0.2) is 26.2 Å². The van der Waals surface area contributed by atoms with Crippen molar-refractivity contribution in [3.05, 3.63) is 102 Å². The molecule has 3 aromatic carbocycles. The maximum Gasteiger partial charge on any atom is 0.240 e. The van der Waals surface area contributed by atoms with E-state index in [9.17, 15) is 4.79 Å². The van der Waals surface area contributed by atoms with Gasteiger partial charge in [-0.1, -0.05) is 72.8 Å². The van der Waals surface area contributed by atoms with Gasteiger partial charge in [0.05, 0.1) is 16.7 Å². The number of nitrogens with zero attached hydrogens (tertiary/aromatic N) is 4. The van der Waals surface area contributed by atoms with E-state index in [0.717, 1.165) is 28.1 Å². The van der Waals surface area contributed by atoms with Crippen LogP contribution in [0.1, 0.15) is 36.3 Å². The molecule has 1 aliphatic heterocycles. The zero-order chi connectivity index (χ0) is 20.5. The average Bonchev–Trinajstić information content (AvgIpc) is 3.38. The highest BCUT2D eigenvalue weighted by Crippen LogP contribution is 2.34. The van der Waals surface area contributed by atoms with Gasteiger partial charge in [0.2, 0.25) is 5.91 Å². The van der Waals surface area contributed by atoms with Gasteiger partial charge in [-0.3, -0.25) is 4.79 Å². The van der Waals surface area contributed by atoms with Crippen LogP contribution in [0.5, 0.6) is 0 Å². The zero-order valence-electron chi connectivity index (χ0n) is 16.8. The third kappa shape index (κ3) is 3.28. The number of hydrogen-bond donors (Lipinski definition) is 0. The van der Waals surface area contributed by atoms with E-state index in [1.807, 2.05) is 66.7 Å². The van der Waals surface area contributed by atoms with Crippen LogP contribution in [-0.2, 0) is 11.3 Å². The van der Waals surface area contributed by atoms with Crippen molar-refractivity contribution >= 4 is 22.7 Å². The van der Waals surface area contributed by atoms with Crippen molar-refractivity contribution in [2.75, 3.05) is 0 Å². The number of benzene rings is 3. The number of para-hydroxylation sites is 2. The molecule has 5 nitrogen and oxygen atoms in total. The molecular formula is C25H22N4O. The number of amides is 1. The molecule has 0 bridgehead atoms. The standard InChI is InChI=1S/C25H22N4O/c1-18(30)29-24(16-22(27-29)20-12-6-3-7-13-20)25-26-21-14-8-9-15-23(21)28(25)17-19-10-4-2-5-11-19/h2-15,24H,16-17H2,1H3. The molecule has 4 aromatic rings. The van der Waals surface area contributed by atoms with Crippen molar-refractivity contribution < 1.29 is 4.79 Å². The third-order valence-electron chi connectivity index (χ3n) is 5.51. The fraction of sp³-hybridized carbons (Fsp3) is 0.160. The van der Waals surface area contributed by atoms with Crippen LogP contribution < -0.4 is 0 Å². The fourth-order valence-electron chi connectivity index (χ4n) is 4.09. The molecule has 2 heterocycles. The molecule has 0 aliphatic carbocycles. The number of fused-ring (bicyclic) bond motifs is 1. The van der Waals surface area contributed by atoms with Gasteiger partial charge in [-0.15, -0.1) is 0 Å². The number of carbonyl (C=O) groups is 1. The largest absolute Gasteiger partial charge is 0.322 e. The lowest BCUT2D eigenvalue weighted by Gasteiger charge is -2.21. The molecule has 1 amide bonds. The molecule has 0 saturated heterocycles. The van der Waals surface area contributed by atoms with E-state index in [-0.39, 0.29) is 11.9 Å². The van der Waals surface area contributed by atoms with E-state index < -0.39 is 0 Å². The summed E-state index contributed by atoms with van der Waals surface area (Å²) in [4.78, 5) is 17.4. The Kier molecular flexibility index (Phi) is 4.64. The quantitative estimate of drug-likeness (QED) is 0.500. The molecule has 0 N–H and O–H groups in total. The lowest BCUT2D eigenvalue weighted by atomic mass is 10.0. The maximum atomic E-state index is 12.5. The minimum atomic E-state index is -0.228. The van der Waals surface area contributed by atoms with Crippen molar-refractivity contribution in [3.8, 4) is 0 Å². The van der Waals surface area contributed by atoms with E-state index in [1.165, 1.54) is 5.56 Å². The molecule has 148 valence electrons. The highest BCUT2D eigenvalue weighted by atomic mass is 16.2. The summed E-state index contributed by atoms with van der Waals surface area (Å²) in [7, 11) is 0. The third-order valence-corrected chi connectivity index (χ3v) is 5.51. The number of rotatable bonds is 4. The molecule has 5 rings (SSSR count). The van der Waals surface area contributed by atoms with Crippen LogP contribution in [0.3, 0.4) is 0 Å². The van der Waals surface area contributed by atoms with Gasteiger partial charge < -0.3 is 4.57 Å². The van der Waals surface area contributed by atoms with Gasteiger partial charge in [0.1, 0.15) is 11.9 Å². The highest BCUT2D eigenvalue weighted by Gasteiger charge is 2.35. The lowest BCUT2D eigenvalue weighted by molar-refractivity contribution is -0.130. The Labute approximate surface area is 175 Å². The van der Waals surface area contributed by atoms with E-state index in [2.05, 4.69) is 27.9 Å². The van der Waals surface area contributed by atoms with Crippen LogP contribution in [0.2, 0.25) is 0 Å². The molecule has 5 heteroatoms. The Balaban J connectivity index is 1.60. The van der Waals surface area contributed by atoms with E-state index in [1.54, 1.807) is 11.9 Å². The Morgan fingerprint density at radius 1 is 0.933 bits per heavy atom.